The van der Waals surface area contributed by atoms with Gasteiger partial charge in [-0.25, -0.2) is 0 Å². The second-order valence-electron chi connectivity index (χ2n) is 12.5. The van der Waals surface area contributed by atoms with Crippen molar-refractivity contribution >= 4 is 41.1 Å². The van der Waals surface area contributed by atoms with Crippen molar-refractivity contribution in [2.75, 3.05) is 43.0 Å². The van der Waals surface area contributed by atoms with Crippen LogP contribution in [0.15, 0.2) is 121 Å². The van der Waals surface area contributed by atoms with E-state index >= 15 is 0 Å². The molecule has 0 aromatic heterocycles. The largest absolute Gasteiger partial charge is 0.497 e. The van der Waals surface area contributed by atoms with E-state index in [1.807, 2.05) is 55.5 Å². The van der Waals surface area contributed by atoms with Crippen LogP contribution in [0.1, 0.15) is 62.5 Å². The van der Waals surface area contributed by atoms with Gasteiger partial charge in [-0.3, -0.25) is 19.3 Å². The van der Waals surface area contributed by atoms with Gasteiger partial charge < -0.3 is 24.6 Å². The summed E-state index contributed by atoms with van der Waals surface area (Å²) in [4.78, 5) is 53.6. The number of aryl methyl sites for hydroxylation is 2. The van der Waals surface area contributed by atoms with Crippen molar-refractivity contribution in [3.63, 3.8) is 0 Å². The number of likely N-dealkylation sites (N-methyl/N-ethyl adjacent to an activating group) is 1. The topological polar surface area (TPSA) is 99.3 Å². The van der Waals surface area contributed by atoms with Gasteiger partial charge in [0.1, 0.15) is 24.1 Å². The molecule has 0 spiro atoms. The van der Waals surface area contributed by atoms with E-state index in [1.54, 1.807) is 67.6 Å². The number of carbonyl (C=O) groups is 4. The van der Waals surface area contributed by atoms with E-state index in [0.717, 1.165) is 28.7 Å². The van der Waals surface area contributed by atoms with Crippen LogP contribution >= 0.6 is 0 Å². The van der Waals surface area contributed by atoms with Crippen LogP contribution in [0.3, 0.4) is 0 Å². The minimum Gasteiger partial charge on any atom is -0.497 e. The smallest absolute Gasteiger partial charge is 0.259 e. The summed E-state index contributed by atoms with van der Waals surface area (Å²) >= 11 is 0. The van der Waals surface area contributed by atoms with Crippen molar-refractivity contribution in [1.29, 1.82) is 0 Å². The number of ether oxygens (including phenoxy) is 1. The fourth-order valence-electron chi connectivity index (χ4n) is 6.00. The predicted molar refractivity (Wildman–Crippen MR) is 209 cm³/mol. The lowest BCUT2D eigenvalue weighted by Crippen LogP contribution is -2.37. The lowest BCUT2D eigenvalue weighted by Gasteiger charge is -2.22. The standard InChI is InChI=1S/C17H16N2O2.C16H13NO3.C9H13N.CH4/c1-11-6-5-7-12(10-11)19(2)17(21)15-13-8-3-4-9-14(13)16(20)18-15;1-20-12-8-6-11(7-9-12)17-15(10-18)13-4-2-3-5-14(13)16(17)19;1-8-5-4-6-9(7-8)10(2)3;/h3-10,15H,1-2H3,(H,18,20);2-10,15H,1H3;4-7H,1-3H3;1H4. The molecule has 0 aliphatic carbocycles. The zero-order valence-electron chi connectivity index (χ0n) is 29.7. The number of amides is 3. The van der Waals surface area contributed by atoms with E-state index in [0.29, 0.717) is 22.6 Å². The Hall–Kier alpha value is -6.22. The molecule has 52 heavy (non-hydrogen) atoms. The summed E-state index contributed by atoms with van der Waals surface area (Å²) in [5.41, 5.74) is 7.82. The number of nitrogens with one attached hydrogen (secondary N) is 1. The van der Waals surface area contributed by atoms with Crippen molar-refractivity contribution in [3.8, 4) is 5.75 Å². The molecule has 0 bridgehead atoms. The lowest BCUT2D eigenvalue weighted by molar-refractivity contribution is -0.120. The Morgan fingerprint density at radius 2 is 1.29 bits per heavy atom. The van der Waals surface area contributed by atoms with Gasteiger partial charge >= 0.3 is 0 Å². The molecule has 0 saturated carbocycles. The highest BCUT2D eigenvalue weighted by molar-refractivity contribution is 6.14. The first kappa shape index (κ1) is 38.6. The van der Waals surface area contributed by atoms with Crippen LogP contribution in [-0.2, 0) is 9.59 Å². The summed E-state index contributed by atoms with van der Waals surface area (Å²) in [5.74, 6) is 0.226. The Morgan fingerprint density at radius 3 is 1.85 bits per heavy atom. The Morgan fingerprint density at radius 1 is 0.731 bits per heavy atom. The molecule has 2 aliphatic heterocycles. The molecule has 2 unspecified atom stereocenters. The molecule has 7 rings (SSSR count). The molecule has 2 aliphatic rings. The maximum absolute atomic E-state index is 12.7. The number of carbonyl (C=O) groups excluding carboxylic acids is 4. The van der Waals surface area contributed by atoms with Gasteiger partial charge in [-0.2, -0.15) is 0 Å². The van der Waals surface area contributed by atoms with E-state index in [1.165, 1.54) is 16.2 Å². The van der Waals surface area contributed by atoms with Crippen molar-refractivity contribution in [3.05, 3.63) is 155 Å². The van der Waals surface area contributed by atoms with Crippen molar-refractivity contribution in [2.24, 2.45) is 0 Å². The van der Waals surface area contributed by atoms with Crippen LogP contribution in [-0.4, -0.2) is 52.3 Å². The molecule has 2 atom stereocenters. The van der Waals surface area contributed by atoms with E-state index < -0.39 is 12.1 Å². The maximum Gasteiger partial charge on any atom is 0.259 e. The van der Waals surface area contributed by atoms with Crippen molar-refractivity contribution in [2.45, 2.75) is 33.4 Å². The normalized spacial score (nSPS) is 14.9. The van der Waals surface area contributed by atoms with Gasteiger partial charge in [0.05, 0.1) is 7.11 Å². The van der Waals surface area contributed by atoms with Gasteiger partial charge in [-0.05, 0) is 96.8 Å². The second kappa shape index (κ2) is 17.1. The Kier molecular flexibility index (Phi) is 12.7. The number of aldehydes is 1. The molecule has 9 heteroatoms. The second-order valence-corrected chi connectivity index (χ2v) is 12.5. The third kappa shape index (κ3) is 8.38. The summed E-state index contributed by atoms with van der Waals surface area (Å²) in [6.07, 6.45) is 0.800. The van der Waals surface area contributed by atoms with E-state index in [4.69, 9.17) is 4.74 Å². The number of methoxy groups -OCH3 is 1. The molecule has 3 amide bonds. The number of rotatable bonds is 6. The van der Waals surface area contributed by atoms with Gasteiger partial charge in [-0.1, -0.05) is 68.1 Å². The fraction of sp³-hybridized carbons (Fsp3) is 0.209. The SMILES string of the molecule is C.COc1ccc(N2C(=O)c3ccccc3C2C=O)cc1.Cc1cccc(N(C)C(=O)C2NC(=O)c3ccccc32)c1.Cc1cccc(N(C)C)c1. The van der Waals surface area contributed by atoms with E-state index in [9.17, 15) is 19.2 Å². The Bertz CT molecular complexity index is 2040. The first-order valence-corrected chi connectivity index (χ1v) is 16.5. The van der Waals surface area contributed by atoms with Gasteiger partial charge in [0.2, 0.25) is 0 Å². The van der Waals surface area contributed by atoms with Crippen LogP contribution in [0.25, 0.3) is 0 Å². The quantitative estimate of drug-likeness (QED) is 0.182. The Labute approximate surface area is 306 Å². The zero-order chi connectivity index (χ0) is 36.7. The average molecular weight is 699 g/mol. The third-order valence-corrected chi connectivity index (χ3v) is 8.76. The molecule has 2 heterocycles. The number of anilines is 3. The molecule has 1 N–H and O–H groups in total. The van der Waals surface area contributed by atoms with Gasteiger partial charge in [-0.15, -0.1) is 0 Å². The van der Waals surface area contributed by atoms with E-state index in [2.05, 4.69) is 55.5 Å². The molecule has 5 aromatic rings. The summed E-state index contributed by atoms with van der Waals surface area (Å²) in [6, 6.07) is 36.5. The first-order chi connectivity index (χ1) is 24.5. The predicted octanol–water partition coefficient (Wildman–Crippen LogP) is 7.74. The fourth-order valence-corrected chi connectivity index (χ4v) is 6.00. The molecule has 268 valence electrons. The minimum absolute atomic E-state index is 0. The minimum atomic E-state index is -0.612. The van der Waals surface area contributed by atoms with Gasteiger partial charge in [0.15, 0.2) is 0 Å². The van der Waals surface area contributed by atoms with Gasteiger partial charge in [0, 0.05) is 49.3 Å². The molecular formula is C43H46N4O5. The monoisotopic (exact) mass is 698 g/mol. The zero-order valence-corrected chi connectivity index (χ0v) is 29.7. The van der Waals surface area contributed by atoms with Crippen LogP contribution in [0.5, 0.6) is 5.75 Å². The first-order valence-electron chi connectivity index (χ1n) is 16.5. The third-order valence-electron chi connectivity index (χ3n) is 8.76. The highest BCUT2D eigenvalue weighted by atomic mass is 16.5. The molecule has 5 aromatic carbocycles. The highest BCUT2D eigenvalue weighted by Gasteiger charge is 2.37. The summed E-state index contributed by atoms with van der Waals surface area (Å²) in [5, 5.41) is 2.75. The highest BCUT2D eigenvalue weighted by Crippen LogP contribution is 2.36. The van der Waals surface area contributed by atoms with Gasteiger partial charge in [0.25, 0.3) is 17.7 Å². The molecule has 0 fully saturated rings. The summed E-state index contributed by atoms with van der Waals surface area (Å²) in [7, 11) is 7.41. The van der Waals surface area contributed by atoms with Crippen molar-refractivity contribution < 1.29 is 23.9 Å². The van der Waals surface area contributed by atoms with Crippen molar-refractivity contribution in [1.82, 2.24) is 5.32 Å². The van der Waals surface area contributed by atoms with Crippen LogP contribution in [0.4, 0.5) is 17.1 Å². The number of nitrogens with zero attached hydrogens (tertiary/aromatic N) is 3. The molecule has 0 radical (unpaired) electrons. The number of benzene rings is 5. The van der Waals surface area contributed by atoms with Crippen LogP contribution in [0.2, 0.25) is 0 Å². The molecule has 9 nitrogen and oxygen atoms in total. The van der Waals surface area contributed by atoms with Crippen LogP contribution in [0, 0.1) is 13.8 Å². The Balaban J connectivity index is 0.000000183. The summed E-state index contributed by atoms with van der Waals surface area (Å²) < 4.78 is 5.10. The number of fused-ring (bicyclic) bond motifs is 2. The van der Waals surface area contributed by atoms with E-state index in [-0.39, 0.29) is 25.1 Å². The number of hydrogen-bond acceptors (Lipinski definition) is 6. The maximum atomic E-state index is 12.7. The van der Waals surface area contributed by atoms with Crippen LogP contribution < -0.4 is 24.8 Å². The average Bonchev–Trinajstić information content (AvgIpc) is 3.64. The lowest BCUT2D eigenvalue weighted by atomic mass is 10.0. The number of hydrogen-bond donors (Lipinski definition) is 1. The molecular weight excluding hydrogens is 652 g/mol. The molecule has 0 saturated heterocycles. The summed E-state index contributed by atoms with van der Waals surface area (Å²) in [6.45, 7) is 4.08.